The van der Waals surface area contributed by atoms with Crippen molar-refractivity contribution in [3.8, 4) is 17.6 Å². The number of rotatable bonds is 7. The third-order valence-electron chi connectivity index (χ3n) is 8.43. The van der Waals surface area contributed by atoms with Gasteiger partial charge in [0.15, 0.2) is 11.2 Å². The number of methoxy groups -OCH3 is 1. The third-order valence-corrected chi connectivity index (χ3v) is 8.43. The number of nitrogens with zero attached hydrogens (tertiary/aromatic N) is 3. The number of nitriles is 1. The molecule has 0 saturated heterocycles. The maximum absolute atomic E-state index is 12.9. The van der Waals surface area contributed by atoms with Crippen LogP contribution in [-0.4, -0.2) is 46.9 Å². The molecule has 4 aromatic rings. The van der Waals surface area contributed by atoms with Crippen molar-refractivity contribution in [3.05, 3.63) is 125 Å². The van der Waals surface area contributed by atoms with E-state index in [2.05, 4.69) is 28.1 Å². The molecule has 1 aliphatic heterocycles. The monoisotopic (exact) mass is 533 g/mol. The first kappa shape index (κ1) is 26.0. The number of fused-ring (bicyclic) bond motifs is 3. The van der Waals surface area contributed by atoms with Gasteiger partial charge in [0.2, 0.25) is 0 Å². The van der Waals surface area contributed by atoms with Gasteiger partial charge in [-0.3, -0.25) is 4.98 Å². The highest BCUT2D eigenvalue weighted by atomic mass is 16.5. The number of pyridine rings is 1. The molecule has 1 aliphatic carbocycles. The molecule has 7 heteroatoms. The van der Waals surface area contributed by atoms with Gasteiger partial charge in [-0.05, 0) is 35.9 Å². The van der Waals surface area contributed by atoms with Crippen LogP contribution < -0.4 is 9.47 Å². The Morgan fingerprint density at radius 1 is 1.00 bits per heavy atom. The van der Waals surface area contributed by atoms with Gasteiger partial charge in [0.05, 0.1) is 42.8 Å². The highest BCUT2D eigenvalue weighted by Gasteiger charge is 2.76. The lowest BCUT2D eigenvalue weighted by atomic mass is 9.70. The van der Waals surface area contributed by atoms with E-state index in [1.54, 1.807) is 18.3 Å². The van der Waals surface area contributed by atoms with E-state index in [0.29, 0.717) is 41.3 Å². The van der Waals surface area contributed by atoms with Crippen LogP contribution in [0.3, 0.4) is 0 Å². The molecule has 6 rings (SSSR count). The summed E-state index contributed by atoms with van der Waals surface area (Å²) in [6, 6.07) is 29.3. The van der Waals surface area contributed by atoms with Gasteiger partial charge in [-0.25, -0.2) is 0 Å². The second-order valence-electron chi connectivity index (χ2n) is 10.7. The van der Waals surface area contributed by atoms with Gasteiger partial charge in [-0.15, -0.1) is 0 Å². The predicted molar refractivity (Wildman–Crippen MR) is 150 cm³/mol. The Kier molecular flexibility index (Phi) is 6.55. The van der Waals surface area contributed by atoms with Crippen molar-refractivity contribution in [2.24, 2.45) is 5.92 Å². The number of ether oxygens (including phenoxy) is 2. The van der Waals surface area contributed by atoms with Crippen molar-refractivity contribution in [1.82, 2.24) is 9.88 Å². The zero-order valence-electron chi connectivity index (χ0n) is 22.4. The molecule has 2 heterocycles. The third kappa shape index (κ3) is 3.80. The molecule has 3 aromatic carbocycles. The fourth-order valence-corrected chi connectivity index (χ4v) is 6.85. The Labute approximate surface area is 233 Å². The summed E-state index contributed by atoms with van der Waals surface area (Å²) in [6.07, 6.45) is 1.88. The molecule has 2 aliphatic rings. The SMILES string of the molecule is COc1cncc2c1[C@]1(O)[C@H](O)[C@H](CN(C)Cc3ccccc3)C(c3ccccc3)C1(c1ccc(C#N)cc1)O2. The second-order valence-corrected chi connectivity index (χ2v) is 10.7. The van der Waals surface area contributed by atoms with Crippen LogP contribution in [0.5, 0.6) is 11.5 Å². The number of benzene rings is 3. The van der Waals surface area contributed by atoms with Crippen LogP contribution in [0, 0.1) is 17.2 Å². The Balaban J connectivity index is 1.56. The summed E-state index contributed by atoms with van der Waals surface area (Å²) in [7, 11) is 3.54. The minimum atomic E-state index is -1.87. The van der Waals surface area contributed by atoms with Gasteiger partial charge in [-0.1, -0.05) is 72.8 Å². The molecule has 40 heavy (non-hydrogen) atoms. The zero-order valence-corrected chi connectivity index (χ0v) is 22.4. The summed E-state index contributed by atoms with van der Waals surface area (Å²) < 4.78 is 12.5. The Bertz CT molecular complexity index is 1540. The fraction of sp³-hybridized carbons (Fsp3) is 0.273. The minimum absolute atomic E-state index is 0.347. The van der Waals surface area contributed by atoms with Gasteiger partial charge < -0.3 is 24.6 Å². The molecule has 2 unspecified atom stereocenters. The number of hydrogen-bond acceptors (Lipinski definition) is 7. The van der Waals surface area contributed by atoms with Crippen LogP contribution >= 0.6 is 0 Å². The first-order valence-electron chi connectivity index (χ1n) is 13.3. The number of hydrogen-bond donors (Lipinski definition) is 2. The summed E-state index contributed by atoms with van der Waals surface area (Å²) in [5.41, 5.74) is 0.336. The van der Waals surface area contributed by atoms with Crippen LogP contribution in [0.2, 0.25) is 0 Å². The average molecular weight is 534 g/mol. The van der Waals surface area contributed by atoms with E-state index in [4.69, 9.17) is 9.47 Å². The molecule has 7 nitrogen and oxygen atoms in total. The molecule has 0 radical (unpaired) electrons. The van der Waals surface area contributed by atoms with Gasteiger partial charge >= 0.3 is 0 Å². The quantitative estimate of drug-likeness (QED) is 0.365. The predicted octanol–water partition coefficient (Wildman–Crippen LogP) is 4.34. The summed E-state index contributed by atoms with van der Waals surface area (Å²) in [6.45, 7) is 1.17. The molecule has 0 amide bonds. The summed E-state index contributed by atoms with van der Waals surface area (Å²) in [4.78, 5) is 6.45. The molecule has 1 aromatic heterocycles. The normalized spacial score (nSPS) is 26.6. The van der Waals surface area contributed by atoms with Crippen LogP contribution in [0.15, 0.2) is 97.3 Å². The Morgan fingerprint density at radius 2 is 1.68 bits per heavy atom. The maximum atomic E-state index is 12.9. The number of aliphatic hydroxyl groups is 2. The van der Waals surface area contributed by atoms with Crippen LogP contribution in [-0.2, 0) is 17.7 Å². The van der Waals surface area contributed by atoms with E-state index >= 15 is 0 Å². The Hall–Kier alpha value is -4.22. The first-order chi connectivity index (χ1) is 19.4. The second kappa shape index (κ2) is 10.1. The van der Waals surface area contributed by atoms with E-state index in [-0.39, 0.29) is 0 Å². The summed E-state index contributed by atoms with van der Waals surface area (Å²) in [5, 5.41) is 34.7. The van der Waals surface area contributed by atoms with Crippen molar-refractivity contribution in [1.29, 1.82) is 5.26 Å². The molecule has 2 N–H and O–H groups in total. The maximum Gasteiger partial charge on any atom is 0.177 e. The molecule has 0 spiro atoms. The molecular weight excluding hydrogens is 502 g/mol. The lowest BCUT2D eigenvalue weighted by Gasteiger charge is -2.41. The highest BCUT2D eigenvalue weighted by molar-refractivity contribution is 5.59. The summed E-state index contributed by atoms with van der Waals surface area (Å²) >= 11 is 0. The van der Waals surface area contributed by atoms with Crippen molar-refractivity contribution in [2.45, 2.75) is 29.8 Å². The molecule has 202 valence electrons. The van der Waals surface area contributed by atoms with Gasteiger partial charge in [0, 0.05) is 24.9 Å². The van der Waals surface area contributed by atoms with Crippen LogP contribution in [0.1, 0.15) is 33.7 Å². The van der Waals surface area contributed by atoms with E-state index in [1.807, 2.05) is 67.7 Å². The van der Waals surface area contributed by atoms with Gasteiger partial charge in [0.25, 0.3) is 0 Å². The summed E-state index contributed by atoms with van der Waals surface area (Å²) in [5.74, 6) is -0.179. The molecular formula is C33H31N3O4. The van der Waals surface area contributed by atoms with Crippen molar-refractivity contribution in [2.75, 3.05) is 20.7 Å². The lowest BCUT2D eigenvalue weighted by molar-refractivity contribution is -0.152. The van der Waals surface area contributed by atoms with Crippen LogP contribution in [0.25, 0.3) is 0 Å². The van der Waals surface area contributed by atoms with Gasteiger partial charge in [0.1, 0.15) is 11.5 Å². The van der Waals surface area contributed by atoms with Gasteiger partial charge in [-0.2, -0.15) is 5.26 Å². The van der Waals surface area contributed by atoms with Crippen molar-refractivity contribution in [3.63, 3.8) is 0 Å². The Morgan fingerprint density at radius 3 is 2.33 bits per heavy atom. The minimum Gasteiger partial charge on any atom is -0.495 e. The zero-order chi connectivity index (χ0) is 27.9. The largest absolute Gasteiger partial charge is 0.495 e. The van der Waals surface area contributed by atoms with Crippen molar-refractivity contribution >= 4 is 0 Å². The fourth-order valence-electron chi connectivity index (χ4n) is 6.85. The average Bonchev–Trinajstić information content (AvgIpc) is 3.36. The van der Waals surface area contributed by atoms with E-state index < -0.39 is 29.1 Å². The lowest BCUT2D eigenvalue weighted by Crippen LogP contribution is -2.52. The first-order valence-corrected chi connectivity index (χ1v) is 13.3. The number of aliphatic hydroxyl groups excluding tert-OH is 1. The molecule has 5 atom stereocenters. The molecule has 1 fully saturated rings. The van der Waals surface area contributed by atoms with Crippen LogP contribution in [0.4, 0.5) is 0 Å². The van der Waals surface area contributed by atoms with E-state index in [0.717, 1.165) is 11.1 Å². The van der Waals surface area contributed by atoms with Crippen molar-refractivity contribution < 1.29 is 19.7 Å². The number of aromatic nitrogens is 1. The van der Waals surface area contributed by atoms with E-state index in [1.165, 1.54) is 13.3 Å². The topological polar surface area (TPSA) is 98.8 Å². The standard InChI is InChI=1S/C33H31N3O4/c1-36(20-23-9-5-3-6-10-23)21-26-29(24-11-7-4-8-12-24)33(25-15-13-22(17-34)14-16-25)32(38,31(26)37)30-27(39-2)18-35-19-28(30)40-33/h3-16,18-19,26,29,31,37-38H,20-21H2,1-2H3/t26-,29?,31-,32+,33?/m1/s1. The molecule has 1 saturated carbocycles. The van der Waals surface area contributed by atoms with E-state index in [9.17, 15) is 15.5 Å². The molecule has 0 bridgehead atoms. The smallest absolute Gasteiger partial charge is 0.177 e. The highest BCUT2D eigenvalue weighted by Crippen LogP contribution is 2.69.